The second-order valence-corrected chi connectivity index (χ2v) is 4.90. The number of amides is 2. The molecule has 1 aromatic rings. The summed E-state index contributed by atoms with van der Waals surface area (Å²) >= 11 is 0. The molecule has 4 heteroatoms. The van der Waals surface area contributed by atoms with E-state index in [-0.39, 0.29) is 24.4 Å². The molecule has 2 amide bonds. The SMILES string of the molecule is Cc1ccc(CC2C(=O)N(C)CC(=O)N2C)cc1. The Labute approximate surface area is 107 Å². The molecule has 1 heterocycles. The minimum Gasteiger partial charge on any atom is -0.335 e. The number of hydrogen-bond donors (Lipinski definition) is 0. The van der Waals surface area contributed by atoms with Crippen molar-refractivity contribution in [2.45, 2.75) is 19.4 Å². The Bertz CT molecular complexity index is 467. The van der Waals surface area contributed by atoms with Gasteiger partial charge in [0.25, 0.3) is 0 Å². The van der Waals surface area contributed by atoms with Gasteiger partial charge in [-0.1, -0.05) is 29.8 Å². The normalized spacial score (nSPS) is 20.5. The topological polar surface area (TPSA) is 40.6 Å². The lowest BCUT2D eigenvalue weighted by molar-refractivity contribution is -0.152. The molecule has 1 aliphatic rings. The lowest BCUT2D eigenvalue weighted by atomic mass is 10.0. The molecule has 1 unspecified atom stereocenters. The van der Waals surface area contributed by atoms with Crippen LogP contribution in [0, 0.1) is 6.92 Å². The van der Waals surface area contributed by atoms with Crippen LogP contribution in [0.3, 0.4) is 0 Å². The van der Waals surface area contributed by atoms with Crippen LogP contribution < -0.4 is 0 Å². The molecular weight excluding hydrogens is 228 g/mol. The van der Waals surface area contributed by atoms with E-state index in [1.54, 1.807) is 19.0 Å². The van der Waals surface area contributed by atoms with Crippen LogP contribution in [0.1, 0.15) is 11.1 Å². The number of hydrogen-bond acceptors (Lipinski definition) is 2. The first-order valence-corrected chi connectivity index (χ1v) is 6.05. The van der Waals surface area contributed by atoms with E-state index in [9.17, 15) is 9.59 Å². The van der Waals surface area contributed by atoms with Gasteiger partial charge < -0.3 is 9.80 Å². The summed E-state index contributed by atoms with van der Waals surface area (Å²) in [6.45, 7) is 2.21. The van der Waals surface area contributed by atoms with Crippen molar-refractivity contribution >= 4 is 11.8 Å². The van der Waals surface area contributed by atoms with E-state index in [0.29, 0.717) is 6.42 Å². The van der Waals surface area contributed by atoms with Gasteiger partial charge in [0.05, 0.1) is 6.54 Å². The second kappa shape index (κ2) is 4.80. The third kappa shape index (κ3) is 2.37. The number of benzene rings is 1. The molecule has 1 fully saturated rings. The highest BCUT2D eigenvalue weighted by Crippen LogP contribution is 2.15. The van der Waals surface area contributed by atoms with Crippen LogP contribution in [0.4, 0.5) is 0 Å². The first-order chi connectivity index (χ1) is 8.49. The van der Waals surface area contributed by atoms with Gasteiger partial charge in [0.15, 0.2) is 0 Å². The van der Waals surface area contributed by atoms with Gasteiger partial charge in [0, 0.05) is 20.5 Å². The van der Waals surface area contributed by atoms with E-state index in [2.05, 4.69) is 0 Å². The third-order valence-electron chi connectivity index (χ3n) is 3.44. The molecule has 4 nitrogen and oxygen atoms in total. The summed E-state index contributed by atoms with van der Waals surface area (Å²) < 4.78 is 0. The number of carbonyl (C=O) groups is 2. The zero-order chi connectivity index (χ0) is 13.3. The number of nitrogens with zero attached hydrogens (tertiary/aromatic N) is 2. The Balaban J connectivity index is 2.17. The Morgan fingerprint density at radius 2 is 1.78 bits per heavy atom. The largest absolute Gasteiger partial charge is 0.335 e. The molecule has 0 N–H and O–H groups in total. The summed E-state index contributed by atoms with van der Waals surface area (Å²) in [4.78, 5) is 26.9. The van der Waals surface area contributed by atoms with Gasteiger partial charge in [-0.25, -0.2) is 0 Å². The van der Waals surface area contributed by atoms with Crippen molar-refractivity contribution in [3.63, 3.8) is 0 Å². The van der Waals surface area contributed by atoms with Crippen LogP contribution in [0.2, 0.25) is 0 Å². The Morgan fingerprint density at radius 1 is 1.17 bits per heavy atom. The molecule has 0 aliphatic carbocycles. The maximum atomic E-state index is 12.1. The third-order valence-corrected chi connectivity index (χ3v) is 3.44. The van der Waals surface area contributed by atoms with Gasteiger partial charge in [-0.2, -0.15) is 0 Å². The molecule has 0 spiro atoms. The first kappa shape index (κ1) is 12.6. The summed E-state index contributed by atoms with van der Waals surface area (Å²) in [6.07, 6.45) is 0.575. The molecule has 0 bridgehead atoms. The van der Waals surface area contributed by atoms with Crippen molar-refractivity contribution in [2.24, 2.45) is 0 Å². The zero-order valence-corrected chi connectivity index (χ0v) is 11.0. The molecule has 1 aromatic carbocycles. The maximum absolute atomic E-state index is 12.1. The number of aryl methyl sites for hydroxylation is 1. The quantitative estimate of drug-likeness (QED) is 0.775. The summed E-state index contributed by atoms with van der Waals surface area (Å²) in [7, 11) is 3.38. The average molecular weight is 246 g/mol. The Morgan fingerprint density at radius 3 is 2.39 bits per heavy atom. The highest BCUT2D eigenvalue weighted by Gasteiger charge is 2.35. The number of piperazine rings is 1. The lowest BCUT2D eigenvalue weighted by Gasteiger charge is -2.36. The molecule has 0 aromatic heterocycles. The molecule has 96 valence electrons. The van der Waals surface area contributed by atoms with Crippen molar-refractivity contribution in [3.8, 4) is 0 Å². The predicted octanol–water partition coefficient (Wildman–Crippen LogP) is 0.837. The molecule has 1 aliphatic heterocycles. The Hall–Kier alpha value is -1.84. The number of likely N-dealkylation sites (N-methyl/N-ethyl adjacent to an activating group) is 2. The van der Waals surface area contributed by atoms with E-state index in [1.165, 1.54) is 10.5 Å². The highest BCUT2D eigenvalue weighted by molar-refractivity contribution is 5.94. The molecular formula is C14H18N2O2. The van der Waals surface area contributed by atoms with E-state index in [4.69, 9.17) is 0 Å². The molecule has 0 saturated carbocycles. The minimum absolute atomic E-state index is 0.00536. The predicted molar refractivity (Wildman–Crippen MR) is 69.1 cm³/mol. The molecule has 1 atom stereocenters. The summed E-state index contributed by atoms with van der Waals surface area (Å²) in [5.41, 5.74) is 2.27. The van der Waals surface area contributed by atoms with Gasteiger partial charge in [0.2, 0.25) is 11.8 Å². The van der Waals surface area contributed by atoms with Crippen molar-refractivity contribution in [2.75, 3.05) is 20.6 Å². The van der Waals surface area contributed by atoms with E-state index >= 15 is 0 Å². The van der Waals surface area contributed by atoms with Crippen molar-refractivity contribution in [1.29, 1.82) is 0 Å². The summed E-state index contributed by atoms with van der Waals surface area (Å²) in [5.74, 6) is 0.00638. The fraction of sp³-hybridized carbons (Fsp3) is 0.429. The smallest absolute Gasteiger partial charge is 0.245 e. The van der Waals surface area contributed by atoms with Crippen LogP contribution in [0.15, 0.2) is 24.3 Å². The second-order valence-electron chi connectivity index (χ2n) is 4.90. The molecule has 1 saturated heterocycles. The fourth-order valence-electron chi connectivity index (χ4n) is 2.16. The van der Waals surface area contributed by atoms with Gasteiger partial charge in [-0.3, -0.25) is 9.59 Å². The first-order valence-electron chi connectivity index (χ1n) is 6.05. The summed E-state index contributed by atoms with van der Waals surface area (Å²) in [5, 5.41) is 0. The lowest BCUT2D eigenvalue weighted by Crippen LogP contribution is -2.57. The van der Waals surface area contributed by atoms with Crippen LogP contribution in [-0.4, -0.2) is 48.3 Å². The molecule has 18 heavy (non-hydrogen) atoms. The van der Waals surface area contributed by atoms with Gasteiger partial charge in [-0.05, 0) is 12.5 Å². The van der Waals surface area contributed by atoms with Crippen molar-refractivity contribution in [3.05, 3.63) is 35.4 Å². The monoisotopic (exact) mass is 246 g/mol. The fourth-order valence-corrected chi connectivity index (χ4v) is 2.16. The number of rotatable bonds is 2. The van der Waals surface area contributed by atoms with Gasteiger partial charge in [-0.15, -0.1) is 0 Å². The van der Waals surface area contributed by atoms with E-state index < -0.39 is 0 Å². The summed E-state index contributed by atoms with van der Waals surface area (Å²) in [6, 6.07) is 7.69. The van der Waals surface area contributed by atoms with Crippen molar-refractivity contribution < 1.29 is 9.59 Å². The van der Waals surface area contributed by atoms with Crippen molar-refractivity contribution in [1.82, 2.24) is 9.80 Å². The average Bonchev–Trinajstić information content (AvgIpc) is 2.34. The van der Waals surface area contributed by atoms with Crippen LogP contribution in [-0.2, 0) is 16.0 Å². The van der Waals surface area contributed by atoms with Gasteiger partial charge in [0.1, 0.15) is 6.04 Å². The van der Waals surface area contributed by atoms with Crippen LogP contribution in [0.25, 0.3) is 0 Å². The molecule has 0 radical (unpaired) electrons. The zero-order valence-electron chi connectivity index (χ0n) is 11.0. The maximum Gasteiger partial charge on any atom is 0.245 e. The minimum atomic E-state index is -0.376. The van der Waals surface area contributed by atoms with Crippen LogP contribution in [0.5, 0.6) is 0 Å². The van der Waals surface area contributed by atoms with E-state index in [0.717, 1.165) is 5.56 Å². The molecule has 2 rings (SSSR count). The standard InChI is InChI=1S/C14H18N2O2/c1-10-4-6-11(7-5-10)8-12-14(18)15(2)9-13(17)16(12)3/h4-7,12H,8-9H2,1-3H3. The van der Waals surface area contributed by atoms with Crippen LogP contribution >= 0.6 is 0 Å². The van der Waals surface area contributed by atoms with Gasteiger partial charge >= 0.3 is 0 Å². The highest BCUT2D eigenvalue weighted by atomic mass is 16.2. The number of carbonyl (C=O) groups excluding carboxylic acids is 2. The Kier molecular flexibility index (Phi) is 3.36. The van der Waals surface area contributed by atoms with E-state index in [1.807, 2.05) is 31.2 Å².